The summed E-state index contributed by atoms with van der Waals surface area (Å²) in [5.41, 5.74) is 0. The SMILES string of the molecule is C#CCSCCNC(=O)C1CC(CC)CCN1. The van der Waals surface area contributed by atoms with Gasteiger partial charge in [-0.2, -0.15) is 0 Å². The van der Waals surface area contributed by atoms with Crippen molar-refractivity contribution in [2.24, 2.45) is 5.92 Å². The zero-order chi connectivity index (χ0) is 12.5. The van der Waals surface area contributed by atoms with Gasteiger partial charge in [-0.15, -0.1) is 18.2 Å². The molecular formula is C13H22N2OS. The van der Waals surface area contributed by atoms with Gasteiger partial charge in [-0.3, -0.25) is 4.79 Å². The largest absolute Gasteiger partial charge is 0.354 e. The van der Waals surface area contributed by atoms with E-state index in [0.717, 1.165) is 24.5 Å². The highest BCUT2D eigenvalue weighted by molar-refractivity contribution is 7.99. The van der Waals surface area contributed by atoms with E-state index in [2.05, 4.69) is 23.5 Å². The van der Waals surface area contributed by atoms with E-state index in [4.69, 9.17) is 6.42 Å². The third-order valence-corrected chi connectivity index (χ3v) is 4.00. The van der Waals surface area contributed by atoms with Gasteiger partial charge in [-0.05, 0) is 25.3 Å². The molecule has 1 aliphatic heterocycles. The first-order chi connectivity index (χ1) is 8.27. The van der Waals surface area contributed by atoms with Crippen LogP contribution in [-0.2, 0) is 4.79 Å². The van der Waals surface area contributed by atoms with Crippen molar-refractivity contribution >= 4 is 17.7 Å². The maximum absolute atomic E-state index is 11.9. The summed E-state index contributed by atoms with van der Waals surface area (Å²) >= 11 is 1.68. The van der Waals surface area contributed by atoms with E-state index >= 15 is 0 Å². The fourth-order valence-electron chi connectivity index (χ4n) is 2.07. The quantitative estimate of drug-likeness (QED) is 0.554. The molecule has 0 radical (unpaired) electrons. The van der Waals surface area contributed by atoms with Gasteiger partial charge < -0.3 is 10.6 Å². The Bertz CT molecular complexity index is 275. The first-order valence-corrected chi connectivity index (χ1v) is 7.45. The molecule has 2 N–H and O–H groups in total. The fourth-order valence-corrected chi connectivity index (χ4v) is 2.58. The number of terminal acetylenes is 1. The predicted octanol–water partition coefficient (Wildman–Crippen LogP) is 1.25. The van der Waals surface area contributed by atoms with Crippen molar-refractivity contribution in [3.8, 4) is 12.3 Å². The molecule has 0 aromatic carbocycles. The monoisotopic (exact) mass is 254 g/mol. The van der Waals surface area contributed by atoms with Crippen LogP contribution in [0.5, 0.6) is 0 Å². The Balaban J connectivity index is 2.16. The van der Waals surface area contributed by atoms with Gasteiger partial charge in [-0.25, -0.2) is 0 Å². The van der Waals surface area contributed by atoms with Crippen LogP contribution in [0.1, 0.15) is 26.2 Å². The van der Waals surface area contributed by atoms with Crippen molar-refractivity contribution in [2.45, 2.75) is 32.2 Å². The van der Waals surface area contributed by atoms with Crippen LogP contribution in [0.15, 0.2) is 0 Å². The van der Waals surface area contributed by atoms with Crippen LogP contribution in [0.25, 0.3) is 0 Å². The van der Waals surface area contributed by atoms with Gasteiger partial charge in [0.1, 0.15) is 0 Å². The zero-order valence-electron chi connectivity index (χ0n) is 10.5. The van der Waals surface area contributed by atoms with Gasteiger partial charge in [0.25, 0.3) is 0 Å². The fraction of sp³-hybridized carbons (Fsp3) is 0.769. The van der Waals surface area contributed by atoms with Gasteiger partial charge in [0.15, 0.2) is 0 Å². The van der Waals surface area contributed by atoms with Crippen molar-refractivity contribution in [2.75, 3.05) is 24.6 Å². The second kappa shape index (κ2) is 8.43. The molecule has 0 bridgehead atoms. The Hall–Kier alpha value is -0.660. The van der Waals surface area contributed by atoms with Crippen molar-refractivity contribution < 1.29 is 4.79 Å². The third kappa shape index (κ3) is 5.47. The number of carbonyl (C=O) groups is 1. The van der Waals surface area contributed by atoms with Crippen LogP contribution in [0.4, 0.5) is 0 Å². The van der Waals surface area contributed by atoms with Gasteiger partial charge in [0.2, 0.25) is 5.91 Å². The summed E-state index contributed by atoms with van der Waals surface area (Å²) in [6.45, 7) is 3.87. The summed E-state index contributed by atoms with van der Waals surface area (Å²) in [5.74, 6) is 5.02. The van der Waals surface area contributed by atoms with Gasteiger partial charge in [-0.1, -0.05) is 19.3 Å². The maximum atomic E-state index is 11.9. The predicted molar refractivity (Wildman–Crippen MR) is 74.0 cm³/mol. The number of thioether (sulfide) groups is 1. The molecule has 1 aliphatic rings. The summed E-state index contributed by atoms with van der Waals surface area (Å²) in [4.78, 5) is 11.9. The Labute approximate surface area is 108 Å². The lowest BCUT2D eigenvalue weighted by atomic mass is 9.90. The van der Waals surface area contributed by atoms with Gasteiger partial charge >= 0.3 is 0 Å². The molecule has 1 fully saturated rings. The summed E-state index contributed by atoms with van der Waals surface area (Å²) in [6, 6.07) is 0.00586. The van der Waals surface area contributed by atoms with Crippen LogP contribution >= 0.6 is 11.8 Å². The molecule has 96 valence electrons. The van der Waals surface area contributed by atoms with E-state index in [1.54, 1.807) is 11.8 Å². The van der Waals surface area contributed by atoms with Crippen LogP contribution in [-0.4, -0.2) is 36.5 Å². The standard InChI is InChI=1S/C13H22N2OS/c1-3-8-17-9-7-15-13(16)12-10-11(4-2)5-6-14-12/h1,11-12,14H,4-10H2,2H3,(H,15,16). The van der Waals surface area contributed by atoms with E-state index < -0.39 is 0 Å². The number of carbonyl (C=O) groups excluding carboxylic acids is 1. The first-order valence-electron chi connectivity index (χ1n) is 6.30. The normalized spacial score (nSPS) is 24.0. The summed E-state index contributed by atoms with van der Waals surface area (Å²) < 4.78 is 0. The molecule has 1 heterocycles. The van der Waals surface area contributed by atoms with Gasteiger partial charge in [0, 0.05) is 12.3 Å². The van der Waals surface area contributed by atoms with Crippen LogP contribution in [0.3, 0.4) is 0 Å². The molecular weight excluding hydrogens is 232 g/mol. The molecule has 0 saturated carbocycles. The lowest BCUT2D eigenvalue weighted by Crippen LogP contribution is -2.49. The van der Waals surface area contributed by atoms with Crippen LogP contribution in [0, 0.1) is 18.3 Å². The minimum Gasteiger partial charge on any atom is -0.354 e. The highest BCUT2D eigenvalue weighted by atomic mass is 32.2. The van der Waals surface area contributed by atoms with Crippen LogP contribution < -0.4 is 10.6 Å². The van der Waals surface area contributed by atoms with E-state index in [9.17, 15) is 4.79 Å². The molecule has 0 spiro atoms. The number of hydrogen-bond acceptors (Lipinski definition) is 3. The average Bonchev–Trinajstić information content (AvgIpc) is 2.38. The van der Waals surface area contributed by atoms with Crippen molar-refractivity contribution in [3.63, 3.8) is 0 Å². The van der Waals surface area contributed by atoms with E-state index in [1.165, 1.54) is 12.8 Å². The minimum absolute atomic E-state index is 0.00586. The topological polar surface area (TPSA) is 41.1 Å². The minimum atomic E-state index is 0.00586. The lowest BCUT2D eigenvalue weighted by Gasteiger charge is -2.28. The Morgan fingerprint density at radius 2 is 2.47 bits per heavy atom. The number of piperidine rings is 1. The Kier molecular flexibility index (Phi) is 7.14. The van der Waals surface area contributed by atoms with E-state index in [0.29, 0.717) is 12.5 Å². The first kappa shape index (κ1) is 14.4. The number of nitrogens with one attached hydrogen (secondary N) is 2. The second-order valence-electron chi connectivity index (χ2n) is 4.35. The van der Waals surface area contributed by atoms with Crippen molar-refractivity contribution in [3.05, 3.63) is 0 Å². The molecule has 1 rings (SSSR count). The lowest BCUT2D eigenvalue weighted by molar-refractivity contribution is -0.123. The Morgan fingerprint density at radius 1 is 1.65 bits per heavy atom. The average molecular weight is 254 g/mol. The molecule has 1 amide bonds. The molecule has 0 aromatic heterocycles. The molecule has 4 heteroatoms. The third-order valence-electron chi connectivity index (χ3n) is 3.14. The highest BCUT2D eigenvalue weighted by Gasteiger charge is 2.25. The maximum Gasteiger partial charge on any atom is 0.237 e. The molecule has 3 nitrogen and oxygen atoms in total. The highest BCUT2D eigenvalue weighted by Crippen LogP contribution is 2.19. The molecule has 2 atom stereocenters. The Morgan fingerprint density at radius 3 is 3.18 bits per heavy atom. The molecule has 0 aliphatic carbocycles. The van der Waals surface area contributed by atoms with Crippen molar-refractivity contribution in [1.29, 1.82) is 0 Å². The summed E-state index contributed by atoms with van der Waals surface area (Å²) in [5, 5.41) is 6.25. The van der Waals surface area contributed by atoms with Crippen LogP contribution in [0.2, 0.25) is 0 Å². The van der Waals surface area contributed by atoms with Crippen molar-refractivity contribution in [1.82, 2.24) is 10.6 Å². The number of rotatable bonds is 6. The second-order valence-corrected chi connectivity index (χ2v) is 5.46. The molecule has 17 heavy (non-hydrogen) atoms. The number of amides is 1. The zero-order valence-corrected chi connectivity index (χ0v) is 11.3. The molecule has 0 aromatic rings. The molecule has 2 unspecified atom stereocenters. The van der Waals surface area contributed by atoms with E-state index in [1.807, 2.05) is 0 Å². The summed E-state index contributed by atoms with van der Waals surface area (Å²) in [6.07, 6.45) is 8.48. The summed E-state index contributed by atoms with van der Waals surface area (Å²) in [7, 11) is 0. The molecule has 1 saturated heterocycles. The smallest absolute Gasteiger partial charge is 0.237 e. The van der Waals surface area contributed by atoms with Gasteiger partial charge in [0.05, 0.1) is 11.8 Å². The van der Waals surface area contributed by atoms with E-state index in [-0.39, 0.29) is 11.9 Å². The number of hydrogen-bond donors (Lipinski definition) is 2.